The predicted octanol–water partition coefficient (Wildman–Crippen LogP) is 2.94. The van der Waals surface area contributed by atoms with Gasteiger partial charge < -0.3 is 10.4 Å². The quantitative estimate of drug-likeness (QED) is 0.887. The Bertz CT molecular complexity index is 498. The Kier molecular flexibility index (Phi) is 4.77. The lowest BCUT2D eigenvalue weighted by molar-refractivity contribution is 0.0697. The van der Waals surface area contributed by atoms with Gasteiger partial charge in [-0.15, -0.1) is 0 Å². The first kappa shape index (κ1) is 14.6. The first-order valence-electron chi connectivity index (χ1n) is 7.19. The molecule has 1 amide bonds. The maximum atomic E-state index is 12.1. The average Bonchev–Trinajstić information content (AvgIpc) is 2.46. The fourth-order valence-electron chi connectivity index (χ4n) is 2.82. The van der Waals surface area contributed by atoms with E-state index in [0.717, 1.165) is 6.42 Å². The van der Waals surface area contributed by atoms with E-state index in [4.69, 9.17) is 5.11 Å². The molecule has 1 aromatic rings. The second-order valence-electron chi connectivity index (χ2n) is 5.62. The van der Waals surface area contributed by atoms with Gasteiger partial charge in [0.05, 0.1) is 5.56 Å². The number of nitrogens with one attached hydrogen (secondary N) is 1. The lowest BCUT2D eigenvalue weighted by Gasteiger charge is -2.28. The Morgan fingerprint density at radius 1 is 1.25 bits per heavy atom. The van der Waals surface area contributed by atoms with Crippen LogP contribution in [0.4, 0.5) is 0 Å². The summed E-state index contributed by atoms with van der Waals surface area (Å²) in [6.07, 6.45) is 4.91. The van der Waals surface area contributed by atoms with E-state index < -0.39 is 5.97 Å². The van der Waals surface area contributed by atoms with Gasteiger partial charge in [-0.3, -0.25) is 4.79 Å². The number of amides is 1. The van der Waals surface area contributed by atoms with Crippen molar-refractivity contribution in [2.45, 2.75) is 32.6 Å². The smallest absolute Gasteiger partial charge is 0.335 e. The maximum absolute atomic E-state index is 12.1. The van der Waals surface area contributed by atoms with E-state index in [-0.39, 0.29) is 11.5 Å². The van der Waals surface area contributed by atoms with Crippen LogP contribution in [0.2, 0.25) is 0 Å². The van der Waals surface area contributed by atoms with Gasteiger partial charge in [0, 0.05) is 12.1 Å². The van der Waals surface area contributed by atoms with E-state index in [9.17, 15) is 9.59 Å². The molecule has 0 aliphatic heterocycles. The van der Waals surface area contributed by atoms with Gasteiger partial charge in [-0.05, 0) is 36.5 Å². The number of aromatic carboxylic acids is 1. The summed E-state index contributed by atoms with van der Waals surface area (Å²) in [6.45, 7) is 2.92. The third kappa shape index (κ3) is 3.59. The number of carbonyl (C=O) groups is 2. The van der Waals surface area contributed by atoms with Crippen LogP contribution in [0.1, 0.15) is 53.3 Å². The minimum Gasteiger partial charge on any atom is -0.478 e. The predicted molar refractivity (Wildman–Crippen MR) is 76.9 cm³/mol. The third-order valence-corrected chi connectivity index (χ3v) is 4.19. The van der Waals surface area contributed by atoms with E-state index in [1.807, 2.05) is 0 Å². The van der Waals surface area contributed by atoms with Crippen molar-refractivity contribution in [1.29, 1.82) is 0 Å². The molecule has 2 N–H and O–H groups in total. The lowest BCUT2D eigenvalue weighted by atomic mass is 9.80. The van der Waals surface area contributed by atoms with E-state index in [1.54, 1.807) is 12.1 Å². The molecule has 1 saturated carbocycles. The van der Waals surface area contributed by atoms with Crippen LogP contribution in [0.15, 0.2) is 24.3 Å². The molecular formula is C16H21NO3. The Hall–Kier alpha value is -1.84. The lowest BCUT2D eigenvalue weighted by Crippen LogP contribution is -2.33. The molecule has 2 atom stereocenters. The molecule has 4 nitrogen and oxygen atoms in total. The Morgan fingerprint density at radius 2 is 1.95 bits per heavy atom. The topological polar surface area (TPSA) is 66.4 Å². The Labute approximate surface area is 119 Å². The summed E-state index contributed by atoms with van der Waals surface area (Å²) in [5.74, 6) is -0.0174. The van der Waals surface area contributed by atoms with Crippen LogP contribution in [0, 0.1) is 11.8 Å². The van der Waals surface area contributed by atoms with Gasteiger partial charge >= 0.3 is 5.97 Å². The number of rotatable bonds is 4. The molecule has 4 heteroatoms. The standard InChI is InChI=1S/C16H21NO3/c1-11-5-2-3-6-14(11)10-17-15(18)12-7-4-8-13(9-12)16(19)20/h4,7-9,11,14H,2-3,5-6,10H2,1H3,(H,17,18)(H,19,20). The molecule has 0 aromatic heterocycles. The van der Waals surface area contributed by atoms with Gasteiger partial charge in [0.2, 0.25) is 0 Å². The second kappa shape index (κ2) is 6.55. The molecule has 2 unspecified atom stereocenters. The van der Waals surface area contributed by atoms with Crippen LogP contribution < -0.4 is 5.32 Å². The minimum absolute atomic E-state index is 0.142. The van der Waals surface area contributed by atoms with Crippen LogP contribution in [0.3, 0.4) is 0 Å². The van der Waals surface area contributed by atoms with Crippen molar-refractivity contribution in [1.82, 2.24) is 5.32 Å². The SMILES string of the molecule is CC1CCCCC1CNC(=O)c1cccc(C(=O)O)c1. The number of benzene rings is 1. The highest BCUT2D eigenvalue weighted by molar-refractivity contribution is 5.97. The number of carboxylic acids is 1. The summed E-state index contributed by atoms with van der Waals surface area (Å²) in [4.78, 5) is 23.0. The second-order valence-corrected chi connectivity index (χ2v) is 5.62. The normalized spacial score (nSPS) is 22.2. The molecule has 1 fully saturated rings. The number of hydrogen-bond acceptors (Lipinski definition) is 2. The summed E-state index contributed by atoms with van der Waals surface area (Å²) in [7, 11) is 0. The van der Waals surface area contributed by atoms with Crippen LogP contribution in [0.25, 0.3) is 0 Å². The molecule has 1 aliphatic rings. The zero-order valence-electron chi connectivity index (χ0n) is 11.8. The highest BCUT2D eigenvalue weighted by atomic mass is 16.4. The fourth-order valence-corrected chi connectivity index (χ4v) is 2.82. The Balaban J connectivity index is 1.94. The van der Waals surface area contributed by atoms with Crippen LogP contribution in [0.5, 0.6) is 0 Å². The van der Waals surface area contributed by atoms with E-state index >= 15 is 0 Å². The molecule has 2 rings (SSSR count). The van der Waals surface area contributed by atoms with Crippen molar-refractivity contribution < 1.29 is 14.7 Å². The van der Waals surface area contributed by atoms with E-state index in [2.05, 4.69) is 12.2 Å². The fraction of sp³-hybridized carbons (Fsp3) is 0.500. The van der Waals surface area contributed by atoms with E-state index in [1.165, 1.54) is 31.4 Å². The number of carbonyl (C=O) groups excluding carboxylic acids is 1. The summed E-state index contributed by atoms with van der Waals surface area (Å²) in [5.41, 5.74) is 0.553. The molecule has 0 saturated heterocycles. The van der Waals surface area contributed by atoms with Gasteiger partial charge in [-0.2, -0.15) is 0 Å². The molecular weight excluding hydrogens is 254 g/mol. The largest absolute Gasteiger partial charge is 0.478 e. The molecule has 0 spiro atoms. The van der Waals surface area contributed by atoms with Crippen molar-refractivity contribution in [3.63, 3.8) is 0 Å². The van der Waals surface area contributed by atoms with Crippen molar-refractivity contribution in [3.8, 4) is 0 Å². The zero-order chi connectivity index (χ0) is 14.5. The number of carboxylic acid groups (broad SMARTS) is 1. The molecule has 0 heterocycles. The van der Waals surface area contributed by atoms with Crippen LogP contribution in [-0.2, 0) is 0 Å². The summed E-state index contributed by atoms with van der Waals surface area (Å²) in [6, 6.07) is 6.15. The Morgan fingerprint density at radius 3 is 2.65 bits per heavy atom. The zero-order valence-corrected chi connectivity index (χ0v) is 11.8. The average molecular weight is 275 g/mol. The van der Waals surface area contributed by atoms with Gasteiger partial charge in [0.25, 0.3) is 5.91 Å². The monoisotopic (exact) mass is 275 g/mol. The van der Waals surface area contributed by atoms with Gasteiger partial charge in [0.15, 0.2) is 0 Å². The first-order chi connectivity index (χ1) is 9.58. The molecule has 1 aliphatic carbocycles. The summed E-state index contributed by atoms with van der Waals surface area (Å²) < 4.78 is 0. The van der Waals surface area contributed by atoms with Crippen molar-refractivity contribution >= 4 is 11.9 Å². The van der Waals surface area contributed by atoms with Crippen LogP contribution >= 0.6 is 0 Å². The number of hydrogen-bond donors (Lipinski definition) is 2. The van der Waals surface area contributed by atoms with Crippen molar-refractivity contribution in [2.75, 3.05) is 6.54 Å². The summed E-state index contributed by atoms with van der Waals surface area (Å²) >= 11 is 0. The molecule has 0 bridgehead atoms. The molecule has 108 valence electrons. The third-order valence-electron chi connectivity index (χ3n) is 4.19. The highest BCUT2D eigenvalue weighted by Crippen LogP contribution is 2.28. The highest BCUT2D eigenvalue weighted by Gasteiger charge is 2.21. The molecule has 0 radical (unpaired) electrons. The molecule has 20 heavy (non-hydrogen) atoms. The van der Waals surface area contributed by atoms with Crippen molar-refractivity contribution in [2.24, 2.45) is 11.8 Å². The van der Waals surface area contributed by atoms with Gasteiger partial charge in [-0.1, -0.05) is 32.3 Å². The minimum atomic E-state index is -1.01. The van der Waals surface area contributed by atoms with Gasteiger partial charge in [0.1, 0.15) is 0 Å². The summed E-state index contributed by atoms with van der Waals surface area (Å²) in [5, 5.41) is 11.9. The maximum Gasteiger partial charge on any atom is 0.335 e. The van der Waals surface area contributed by atoms with Crippen molar-refractivity contribution in [3.05, 3.63) is 35.4 Å². The van der Waals surface area contributed by atoms with E-state index in [0.29, 0.717) is 23.9 Å². The van der Waals surface area contributed by atoms with Gasteiger partial charge in [-0.25, -0.2) is 4.79 Å². The first-order valence-corrected chi connectivity index (χ1v) is 7.19. The molecule has 1 aromatic carbocycles. The van der Waals surface area contributed by atoms with Crippen LogP contribution in [-0.4, -0.2) is 23.5 Å².